The van der Waals surface area contributed by atoms with Gasteiger partial charge in [0.2, 0.25) is 0 Å². The molecule has 2 rings (SSSR count). The quantitative estimate of drug-likeness (QED) is 0.752. The number of hydrogen-bond donors (Lipinski definition) is 0. The van der Waals surface area contributed by atoms with Crippen molar-refractivity contribution < 1.29 is 4.74 Å². The van der Waals surface area contributed by atoms with Crippen LogP contribution in [0.5, 0.6) is 5.75 Å². The Morgan fingerprint density at radius 2 is 1.94 bits per heavy atom. The molecule has 2 nitrogen and oxygen atoms in total. The predicted octanol–water partition coefficient (Wildman–Crippen LogP) is 3.54. The fourth-order valence-corrected chi connectivity index (χ4v) is 2.73. The van der Waals surface area contributed by atoms with Crippen molar-refractivity contribution in [2.24, 2.45) is 0 Å². The third-order valence-electron chi connectivity index (χ3n) is 4.11. The molecule has 0 aliphatic carbocycles. The van der Waals surface area contributed by atoms with Gasteiger partial charge >= 0.3 is 0 Å². The van der Waals surface area contributed by atoms with Crippen molar-refractivity contribution >= 4 is 0 Å². The first-order valence-corrected chi connectivity index (χ1v) is 6.76. The zero-order valence-corrected chi connectivity index (χ0v) is 12.5. The first-order valence-electron chi connectivity index (χ1n) is 6.76. The van der Waals surface area contributed by atoms with E-state index in [1.165, 1.54) is 16.7 Å². The summed E-state index contributed by atoms with van der Waals surface area (Å²) in [7, 11) is 3.98. The van der Waals surface area contributed by atoms with Crippen LogP contribution >= 0.6 is 0 Å². The molecular formula is C16H25NO. The molecule has 1 unspecified atom stereocenters. The largest absolute Gasteiger partial charge is 0.496 e. The molecule has 100 valence electrons. The summed E-state index contributed by atoms with van der Waals surface area (Å²) < 4.78 is 5.59. The van der Waals surface area contributed by atoms with Crippen LogP contribution < -0.4 is 4.74 Å². The number of fused-ring (bicyclic) bond motifs is 1. The zero-order valence-electron chi connectivity index (χ0n) is 12.5. The van der Waals surface area contributed by atoms with Crippen LogP contribution in [-0.4, -0.2) is 25.6 Å². The molecule has 1 aromatic rings. The maximum absolute atomic E-state index is 5.59. The van der Waals surface area contributed by atoms with Crippen molar-refractivity contribution in [1.29, 1.82) is 0 Å². The number of benzene rings is 1. The monoisotopic (exact) mass is 247 g/mol. The minimum Gasteiger partial charge on any atom is -0.496 e. The first kappa shape index (κ1) is 13.4. The lowest BCUT2D eigenvalue weighted by Crippen LogP contribution is -2.31. The summed E-state index contributed by atoms with van der Waals surface area (Å²) in [5, 5.41) is 0. The molecule has 0 aromatic heterocycles. The molecule has 0 amide bonds. The summed E-state index contributed by atoms with van der Waals surface area (Å²) in [5.41, 5.74) is 4.35. The van der Waals surface area contributed by atoms with Gasteiger partial charge in [0.25, 0.3) is 0 Å². The zero-order chi connectivity index (χ0) is 13.5. The van der Waals surface area contributed by atoms with Crippen molar-refractivity contribution in [2.75, 3.05) is 20.7 Å². The summed E-state index contributed by atoms with van der Waals surface area (Å²) in [4.78, 5) is 2.42. The molecule has 18 heavy (non-hydrogen) atoms. The predicted molar refractivity (Wildman–Crippen MR) is 76.4 cm³/mol. The number of methoxy groups -OCH3 is 1. The average molecular weight is 247 g/mol. The Morgan fingerprint density at radius 1 is 1.28 bits per heavy atom. The third-order valence-corrected chi connectivity index (χ3v) is 4.11. The SMILES string of the molecule is COc1cc2c(cc1C(C)(C)C)C(C)N(C)CC2. The summed E-state index contributed by atoms with van der Waals surface area (Å²) in [5.74, 6) is 1.04. The molecule has 1 atom stereocenters. The lowest BCUT2D eigenvalue weighted by atomic mass is 9.82. The van der Waals surface area contributed by atoms with E-state index in [0.29, 0.717) is 6.04 Å². The van der Waals surface area contributed by atoms with Crippen LogP contribution in [0.4, 0.5) is 0 Å². The minimum atomic E-state index is 0.121. The highest BCUT2D eigenvalue weighted by molar-refractivity contribution is 5.48. The lowest BCUT2D eigenvalue weighted by Gasteiger charge is -2.34. The Hall–Kier alpha value is -1.02. The van der Waals surface area contributed by atoms with E-state index in [1.807, 2.05) is 0 Å². The number of rotatable bonds is 1. The molecule has 2 heteroatoms. The molecule has 1 aromatic carbocycles. The van der Waals surface area contributed by atoms with Crippen molar-refractivity contribution in [3.63, 3.8) is 0 Å². The van der Waals surface area contributed by atoms with Crippen LogP contribution in [0.1, 0.15) is 50.4 Å². The standard InChI is InChI=1S/C16H25NO/c1-11-13-10-14(16(2,3)4)15(18-6)9-12(13)7-8-17(11)5/h9-11H,7-8H2,1-6H3. The highest BCUT2D eigenvalue weighted by Crippen LogP contribution is 2.38. The van der Waals surface area contributed by atoms with Gasteiger partial charge in [-0.3, -0.25) is 4.90 Å². The fourth-order valence-electron chi connectivity index (χ4n) is 2.73. The Balaban J connectivity index is 2.57. The third kappa shape index (κ3) is 2.26. The van der Waals surface area contributed by atoms with Crippen molar-refractivity contribution in [3.05, 3.63) is 28.8 Å². The van der Waals surface area contributed by atoms with Crippen LogP contribution in [0.15, 0.2) is 12.1 Å². The molecule has 0 bridgehead atoms. The summed E-state index contributed by atoms with van der Waals surface area (Å²) in [6.45, 7) is 10.2. The van der Waals surface area contributed by atoms with E-state index in [1.54, 1.807) is 7.11 Å². The second kappa shape index (κ2) is 4.58. The maximum Gasteiger partial charge on any atom is 0.122 e. The van der Waals surface area contributed by atoms with E-state index in [2.05, 4.69) is 51.8 Å². The average Bonchev–Trinajstić information content (AvgIpc) is 2.31. The Labute approximate surface area is 111 Å². The molecule has 0 fully saturated rings. The van der Waals surface area contributed by atoms with E-state index in [0.717, 1.165) is 18.7 Å². The second-order valence-electron chi connectivity index (χ2n) is 6.41. The van der Waals surface area contributed by atoms with E-state index >= 15 is 0 Å². The molecule has 0 radical (unpaired) electrons. The van der Waals surface area contributed by atoms with Gasteiger partial charge in [-0.2, -0.15) is 0 Å². The van der Waals surface area contributed by atoms with Crippen molar-refractivity contribution in [2.45, 2.75) is 45.6 Å². The van der Waals surface area contributed by atoms with E-state index in [-0.39, 0.29) is 5.41 Å². The van der Waals surface area contributed by atoms with Gasteiger partial charge in [0, 0.05) is 12.6 Å². The Bertz CT molecular complexity index is 445. The van der Waals surface area contributed by atoms with Crippen molar-refractivity contribution in [3.8, 4) is 5.75 Å². The van der Waals surface area contributed by atoms with Gasteiger partial charge in [-0.25, -0.2) is 0 Å². The topological polar surface area (TPSA) is 12.5 Å². The molecular weight excluding hydrogens is 222 g/mol. The molecule has 1 heterocycles. The smallest absolute Gasteiger partial charge is 0.122 e. The van der Waals surface area contributed by atoms with Crippen LogP contribution in [0, 0.1) is 0 Å². The number of hydrogen-bond acceptors (Lipinski definition) is 2. The highest BCUT2D eigenvalue weighted by atomic mass is 16.5. The second-order valence-corrected chi connectivity index (χ2v) is 6.41. The first-order chi connectivity index (χ1) is 8.34. The van der Waals surface area contributed by atoms with Gasteiger partial charge in [-0.05, 0) is 54.6 Å². The lowest BCUT2D eigenvalue weighted by molar-refractivity contribution is 0.246. The van der Waals surface area contributed by atoms with E-state index in [4.69, 9.17) is 4.74 Å². The van der Waals surface area contributed by atoms with Gasteiger partial charge in [0.05, 0.1) is 7.11 Å². The van der Waals surface area contributed by atoms with E-state index in [9.17, 15) is 0 Å². The number of nitrogens with zero attached hydrogens (tertiary/aromatic N) is 1. The fraction of sp³-hybridized carbons (Fsp3) is 0.625. The van der Waals surface area contributed by atoms with Gasteiger partial charge in [-0.1, -0.05) is 20.8 Å². The summed E-state index contributed by atoms with van der Waals surface area (Å²) in [6.07, 6.45) is 1.12. The number of ether oxygens (including phenoxy) is 1. The molecule has 0 saturated heterocycles. The van der Waals surface area contributed by atoms with Gasteiger partial charge in [0.1, 0.15) is 5.75 Å². The Kier molecular flexibility index (Phi) is 3.41. The van der Waals surface area contributed by atoms with Crippen LogP contribution in [0.3, 0.4) is 0 Å². The molecule has 1 aliphatic rings. The van der Waals surface area contributed by atoms with Crippen LogP contribution in [-0.2, 0) is 11.8 Å². The van der Waals surface area contributed by atoms with Gasteiger partial charge in [-0.15, -0.1) is 0 Å². The molecule has 0 saturated carbocycles. The molecule has 1 aliphatic heterocycles. The van der Waals surface area contributed by atoms with Crippen LogP contribution in [0.2, 0.25) is 0 Å². The minimum absolute atomic E-state index is 0.121. The maximum atomic E-state index is 5.59. The van der Waals surface area contributed by atoms with Crippen LogP contribution in [0.25, 0.3) is 0 Å². The van der Waals surface area contributed by atoms with Gasteiger partial charge in [0.15, 0.2) is 0 Å². The van der Waals surface area contributed by atoms with Crippen molar-refractivity contribution in [1.82, 2.24) is 4.90 Å². The summed E-state index contributed by atoms with van der Waals surface area (Å²) >= 11 is 0. The number of likely N-dealkylation sites (N-methyl/N-ethyl adjacent to an activating group) is 1. The van der Waals surface area contributed by atoms with Gasteiger partial charge < -0.3 is 4.74 Å². The molecule has 0 N–H and O–H groups in total. The highest BCUT2D eigenvalue weighted by Gasteiger charge is 2.26. The molecule has 0 spiro atoms. The van der Waals surface area contributed by atoms with E-state index < -0.39 is 0 Å². The summed E-state index contributed by atoms with van der Waals surface area (Å²) in [6, 6.07) is 5.11. The Morgan fingerprint density at radius 3 is 2.50 bits per heavy atom. The normalized spacial score (nSPS) is 20.7.